The van der Waals surface area contributed by atoms with Crippen LogP contribution in [0, 0.1) is 27.7 Å². The lowest BCUT2D eigenvalue weighted by molar-refractivity contribution is -0.122. The van der Waals surface area contributed by atoms with Crippen LogP contribution in [0.5, 0.6) is 0 Å². The van der Waals surface area contributed by atoms with Crippen LogP contribution in [0.25, 0.3) is 0 Å². The van der Waals surface area contributed by atoms with Gasteiger partial charge >= 0.3 is 0 Å². The Hall–Kier alpha value is -2.60. The zero-order chi connectivity index (χ0) is 19.6. The Balaban J connectivity index is 1.68. The molecule has 1 heterocycles. The topological polar surface area (TPSA) is 70.6 Å². The molecule has 2 N–H and O–H groups in total. The lowest BCUT2D eigenvalue weighted by Gasteiger charge is -2.10. The summed E-state index contributed by atoms with van der Waals surface area (Å²) < 4.78 is 0. The highest BCUT2D eigenvalue weighted by atomic mass is 32.2. The van der Waals surface area contributed by atoms with E-state index in [4.69, 9.17) is 0 Å². The first-order valence-electron chi connectivity index (χ1n) is 8.83. The number of benzene rings is 2. The van der Waals surface area contributed by atoms with Crippen molar-refractivity contribution in [2.75, 3.05) is 5.32 Å². The quantitative estimate of drug-likeness (QED) is 0.835. The number of carbonyl (C=O) groups is 2. The molecule has 1 saturated heterocycles. The molecule has 0 unspecified atom stereocenters. The minimum Gasteiger partial charge on any atom is -0.326 e. The number of thioether (sulfide) groups is 1. The smallest absolute Gasteiger partial charge is 0.240 e. The normalized spacial score (nSPS) is 17.9. The van der Waals surface area contributed by atoms with Crippen molar-refractivity contribution >= 4 is 40.1 Å². The van der Waals surface area contributed by atoms with E-state index in [1.165, 1.54) is 11.8 Å². The number of aryl methyl sites for hydroxylation is 4. The first-order valence-corrected chi connectivity index (χ1v) is 9.71. The van der Waals surface area contributed by atoms with Gasteiger partial charge in [-0.15, -0.1) is 0 Å². The molecule has 2 amide bonds. The van der Waals surface area contributed by atoms with Gasteiger partial charge in [0.15, 0.2) is 5.17 Å². The van der Waals surface area contributed by atoms with Crippen LogP contribution in [0.2, 0.25) is 0 Å². The highest BCUT2D eigenvalue weighted by molar-refractivity contribution is 8.15. The zero-order valence-corrected chi connectivity index (χ0v) is 16.7. The molecule has 1 fully saturated rings. The Morgan fingerprint density at radius 3 is 2.52 bits per heavy atom. The molecular formula is C21H23N3O2S. The molecule has 2 aromatic carbocycles. The fourth-order valence-electron chi connectivity index (χ4n) is 2.92. The summed E-state index contributed by atoms with van der Waals surface area (Å²) >= 11 is 1.31. The maximum Gasteiger partial charge on any atom is 0.240 e. The van der Waals surface area contributed by atoms with E-state index in [0.29, 0.717) is 5.17 Å². The van der Waals surface area contributed by atoms with Gasteiger partial charge in [0.25, 0.3) is 0 Å². The van der Waals surface area contributed by atoms with Crippen LogP contribution >= 0.6 is 11.8 Å². The first-order chi connectivity index (χ1) is 12.8. The summed E-state index contributed by atoms with van der Waals surface area (Å²) in [5.41, 5.74) is 5.82. The number of nitrogens with zero attached hydrogens (tertiary/aromatic N) is 1. The third-order valence-corrected chi connectivity index (χ3v) is 5.55. The fourth-order valence-corrected chi connectivity index (χ4v) is 3.89. The molecule has 140 valence electrons. The lowest BCUT2D eigenvalue weighted by Crippen LogP contribution is -2.28. The molecular weight excluding hydrogens is 358 g/mol. The third kappa shape index (κ3) is 4.57. The van der Waals surface area contributed by atoms with Crippen molar-refractivity contribution in [2.24, 2.45) is 4.99 Å². The number of para-hydroxylation sites is 1. The molecule has 0 saturated carbocycles. The van der Waals surface area contributed by atoms with E-state index < -0.39 is 5.25 Å². The van der Waals surface area contributed by atoms with E-state index in [2.05, 4.69) is 15.6 Å². The summed E-state index contributed by atoms with van der Waals surface area (Å²) in [4.78, 5) is 29.3. The molecule has 0 aromatic heterocycles. The Kier molecular flexibility index (Phi) is 5.65. The second-order valence-corrected chi connectivity index (χ2v) is 8.02. The SMILES string of the molecule is Cc1ccc(C)c(NC(=O)C[C@H]2SC(=Nc3c(C)cccc3C)NC2=O)c1. The van der Waals surface area contributed by atoms with Crippen molar-refractivity contribution in [3.8, 4) is 0 Å². The van der Waals surface area contributed by atoms with Gasteiger partial charge in [-0.3, -0.25) is 9.59 Å². The molecule has 2 aromatic rings. The number of amides is 2. The van der Waals surface area contributed by atoms with Gasteiger partial charge in [-0.1, -0.05) is 42.1 Å². The minimum absolute atomic E-state index is 0.107. The second-order valence-electron chi connectivity index (χ2n) is 6.82. The molecule has 27 heavy (non-hydrogen) atoms. The van der Waals surface area contributed by atoms with E-state index in [0.717, 1.165) is 33.6 Å². The number of aliphatic imine (C=N–C) groups is 1. The van der Waals surface area contributed by atoms with Gasteiger partial charge in [0.1, 0.15) is 5.25 Å². The van der Waals surface area contributed by atoms with Gasteiger partial charge in [0.2, 0.25) is 11.8 Å². The summed E-state index contributed by atoms with van der Waals surface area (Å²) in [6.07, 6.45) is 0.107. The van der Waals surface area contributed by atoms with Gasteiger partial charge in [0.05, 0.1) is 5.69 Å². The highest BCUT2D eigenvalue weighted by Crippen LogP contribution is 2.29. The predicted molar refractivity (Wildman–Crippen MR) is 112 cm³/mol. The van der Waals surface area contributed by atoms with Crippen LogP contribution in [-0.4, -0.2) is 22.2 Å². The van der Waals surface area contributed by atoms with E-state index in [9.17, 15) is 9.59 Å². The second kappa shape index (κ2) is 7.96. The third-order valence-electron chi connectivity index (χ3n) is 4.47. The van der Waals surface area contributed by atoms with Gasteiger partial charge in [-0.25, -0.2) is 4.99 Å². The predicted octanol–water partition coefficient (Wildman–Crippen LogP) is 4.17. The Labute approximate surface area is 163 Å². The van der Waals surface area contributed by atoms with Crippen molar-refractivity contribution < 1.29 is 9.59 Å². The molecule has 0 bridgehead atoms. The summed E-state index contributed by atoms with van der Waals surface area (Å²) in [6, 6.07) is 11.9. The summed E-state index contributed by atoms with van der Waals surface area (Å²) in [5.74, 6) is -0.356. The zero-order valence-electron chi connectivity index (χ0n) is 15.9. The molecule has 0 spiro atoms. The molecule has 0 radical (unpaired) electrons. The monoisotopic (exact) mass is 381 g/mol. The average molecular weight is 382 g/mol. The van der Waals surface area contributed by atoms with Gasteiger partial charge in [-0.2, -0.15) is 0 Å². The number of amidine groups is 1. The largest absolute Gasteiger partial charge is 0.326 e. The van der Waals surface area contributed by atoms with Crippen molar-refractivity contribution in [1.82, 2.24) is 5.32 Å². The van der Waals surface area contributed by atoms with Crippen LogP contribution in [0.15, 0.2) is 41.4 Å². The van der Waals surface area contributed by atoms with Crippen LogP contribution in [0.4, 0.5) is 11.4 Å². The van der Waals surface area contributed by atoms with Crippen molar-refractivity contribution in [3.05, 3.63) is 58.7 Å². The number of hydrogen-bond donors (Lipinski definition) is 2. The maximum atomic E-state index is 12.4. The van der Waals surface area contributed by atoms with Crippen LogP contribution in [0.1, 0.15) is 28.7 Å². The molecule has 0 aliphatic carbocycles. The maximum absolute atomic E-state index is 12.4. The number of carbonyl (C=O) groups excluding carboxylic acids is 2. The van der Waals surface area contributed by atoms with Crippen molar-refractivity contribution in [1.29, 1.82) is 0 Å². The Bertz CT molecular complexity index is 917. The number of rotatable bonds is 4. The van der Waals surface area contributed by atoms with Crippen molar-refractivity contribution in [2.45, 2.75) is 39.4 Å². The van der Waals surface area contributed by atoms with Gasteiger partial charge < -0.3 is 10.6 Å². The number of anilines is 1. The van der Waals surface area contributed by atoms with Crippen molar-refractivity contribution in [3.63, 3.8) is 0 Å². The minimum atomic E-state index is -0.474. The van der Waals surface area contributed by atoms with E-state index in [1.54, 1.807) is 0 Å². The van der Waals surface area contributed by atoms with Gasteiger partial charge in [0, 0.05) is 12.1 Å². The van der Waals surface area contributed by atoms with E-state index in [-0.39, 0.29) is 18.2 Å². The van der Waals surface area contributed by atoms with Gasteiger partial charge in [-0.05, 0) is 56.0 Å². The van der Waals surface area contributed by atoms with Crippen LogP contribution in [0.3, 0.4) is 0 Å². The first kappa shape index (κ1) is 19.2. The average Bonchev–Trinajstić information content (AvgIpc) is 2.94. The molecule has 1 aliphatic heterocycles. The molecule has 1 atom stereocenters. The molecule has 6 heteroatoms. The molecule has 5 nitrogen and oxygen atoms in total. The Morgan fingerprint density at radius 2 is 1.81 bits per heavy atom. The Morgan fingerprint density at radius 1 is 1.11 bits per heavy atom. The van der Waals surface area contributed by atoms with E-state index >= 15 is 0 Å². The fraction of sp³-hybridized carbons (Fsp3) is 0.286. The highest BCUT2D eigenvalue weighted by Gasteiger charge is 2.32. The summed E-state index contributed by atoms with van der Waals surface area (Å²) in [6.45, 7) is 7.90. The number of nitrogens with one attached hydrogen (secondary N) is 2. The summed E-state index contributed by atoms with van der Waals surface area (Å²) in [5, 5.41) is 5.77. The standard InChI is InChI=1S/C21H23N3O2S/c1-12-8-9-13(2)16(10-12)22-18(25)11-17-20(26)24-21(27-17)23-19-14(3)6-5-7-15(19)4/h5-10,17H,11H2,1-4H3,(H,22,25)(H,23,24,26)/t17-/m1/s1. The molecule has 1 aliphatic rings. The number of hydrogen-bond acceptors (Lipinski definition) is 4. The lowest BCUT2D eigenvalue weighted by atomic mass is 10.1. The van der Waals surface area contributed by atoms with Crippen LogP contribution in [-0.2, 0) is 9.59 Å². The molecule has 3 rings (SSSR count). The summed E-state index contributed by atoms with van der Waals surface area (Å²) in [7, 11) is 0. The van der Waals surface area contributed by atoms with Crippen LogP contribution < -0.4 is 10.6 Å². The van der Waals surface area contributed by atoms with E-state index in [1.807, 2.05) is 64.1 Å².